The van der Waals surface area contributed by atoms with E-state index in [0.717, 1.165) is 0 Å². The summed E-state index contributed by atoms with van der Waals surface area (Å²) in [7, 11) is 0. The number of rotatable bonds is 5. The predicted molar refractivity (Wildman–Crippen MR) is 48.4 cm³/mol. The Balaban J connectivity index is 0. The van der Waals surface area contributed by atoms with Gasteiger partial charge in [-0.2, -0.15) is 0 Å². The van der Waals surface area contributed by atoms with Gasteiger partial charge in [0, 0.05) is 0 Å². The van der Waals surface area contributed by atoms with Gasteiger partial charge >= 0.3 is 17.9 Å². The Morgan fingerprint density at radius 3 is 1.33 bits per heavy atom. The Labute approximate surface area is 86.0 Å². The molecule has 4 N–H and O–H groups in total. The number of aliphatic hydroxyl groups is 1. The van der Waals surface area contributed by atoms with Gasteiger partial charge in [0.25, 0.3) is 0 Å². The molecule has 0 saturated carbocycles. The Morgan fingerprint density at radius 2 is 1.20 bits per heavy atom. The van der Waals surface area contributed by atoms with Gasteiger partial charge in [0.2, 0.25) is 0 Å². The summed E-state index contributed by atoms with van der Waals surface area (Å²) < 4.78 is 0. The van der Waals surface area contributed by atoms with Crippen LogP contribution in [0.1, 0.15) is 26.7 Å². The largest absolute Gasteiger partial charge is 0.481 e. The molecule has 0 aliphatic rings. The van der Waals surface area contributed by atoms with Crippen LogP contribution in [0.4, 0.5) is 0 Å². The van der Waals surface area contributed by atoms with Gasteiger partial charge in [-0.25, -0.2) is 4.79 Å². The zero-order chi connectivity index (χ0) is 12.6. The molecule has 0 aromatic carbocycles. The first-order valence-corrected chi connectivity index (χ1v) is 4.17. The number of aliphatic carboxylic acids is 3. The molecule has 0 atom stereocenters. The van der Waals surface area contributed by atoms with Gasteiger partial charge in [0.1, 0.15) is 0 Å². The molecule has 0 rings (SSSR count). The molecule has 0 unspecified atom stereocenters. The lowest BCUT2D eigenvalue weighted by Gasteiger charge is -2.18. The summed E-state index contributed by atoms with van der Waals surface area (Å²) in [5, 5.41) is 33.8. The highest BCUT2D eigenvalue weighted by atomic mass is 16.4. The Morgan fingerprint density at radius 1 is 0.933 bits per heavy atom. The predicted octanol–water partition coefficient (Wildman–Crippen LogP) is -0.222. The molecular formula is C8H14O7. The summed E-state index contributed by atoms with van der Waals surface area (Å²) in [6.07, 6.45) is -2.29. The van der Waals surface area contributed by atoms with Crippen LogP contribution in [0.2, 0.25) is 0 Å². The SMILES string of the molecule is CC.O=C(O)CC(O)(CC(=O)O)C(=O)O. The van der Waals surface area contributed by atoms with Gasteiger partial charge in [0.05, 0.1) is 12.8 Å². The van der Waals surface area contributed by atoms with Crippen LogP contribution < -0.4 is 0 Å². The Bertz CT molecular complexity index is 229. The van der Waals surface area contributed by atoms with E-state index >= 15 is 0 Å². The quantitative estimate of drug-likeness (QED) is 0.505. The highest BCUT2D eigenvalue weighted by Crippen LogP contribution is 2.15. The maximum atomic E-state index is 10.3. The third-order valence-electron chi connectivity index (χ3n) is 1.29. The highest BCUT2D eigenvalue weighted by Gasteiger charge is 2.40. The molecule has 0 spiro atoms. The zero-order valence-corrected chi connectivity index (χ0v) is 8.43. The van der Waals surface area contributed by atoms with Crippen molar-refractivity contribution in [2.24, 2.45) is 0 Å². The number of carbonyl (C=O) groups is 3. The van der Waals surface area contributed by atoms with E-state index in [1.54, 1.807) is 0 Å². The molecule has 0 saturated heterocycles. The van der Waals surface area contributed by atoms with Crippen molar-refractivity contribution in [3.05, 3.63) is 0 Å². The van der Waals surface area contributed by atoms with E-state index in [4.69, 9.17) is 20.4 Å². The summed E-state index contributed by atoms with van der Waals surface area (Å²) in [5.41, 5.74) is -2.74. The maximum absolute atomic E-state index is 10.3. The Kier molecular flexibility index (Phi) is 7.14. The molecule has 88 valence electrons. The third-order valence-corrected chi connectivity index (χ3v) is 1.29. The first-order valence-electron chi connectivity index (χ1n) is 4.17. The number of hydrogen-bond donors (Lipinski definition) is 4. The minimum absolute atomic E-state index is 1.14. The third kappa shape index (κ3) is 6.44. The van der Waals surface area contributed by atoms with Gasteiger partial charge < -0.3 is 20.4 Å². The Hall–Kier alpha value is -1.63. The summed E-state index contributed by atoms with van der Waals surface area (Å²) in [6.45, 7) is 4.00. The molecular weight excluding hydrogens is 208 g/mol. The van der Waals surface area contributed by atoms with Crippen LogP contribution in [-0.2, 0) is 14.4 Å². The highest BCUT2D eigenvalue weighted by molar-refractivity contribution is 5.88. The monoisotopic (exact) mass is 222 g/mol. The van der Waals surface area contributed by atoms with Crippen molar-refractivity contribution in [3.63, 3.8) is 0 Å². The van der Waals surface area contributed by atoms with Gasteiger partial charge in [-0.05, 0) is 0 Å². The van der Waals surface area contributed by atoms with Crippen LogP contribution >= 0.6 is 0 Å². The molecule has 0 aliphatic carbocycles. The number of carboxylic acid groups (broad SMARTS) is 3. The summed E-state index contributed by atoms with van der Waals surface area (Å²) in [6, 6.07) is 0. The van der Waals surface area contributed by atoms with Gasteiger partial charge in [0.15, 0.2) is 5.60 Å². The normalized spacial score (nSPS) is 9.80. The van der Waals surface area contributed by atoms with E-state index in [0.29, 0.717) is 0 Å². The van der Waals surface area contributed by atoms with Crippen LogP contribution in [0.3, 0.4) is 0 Å². The summed E-state index contributed by atoms with van der Waals surface area (Å²) in [4.78, 5) is 30.5. The first-order chi connectivity index (χ1) is 6.78. The van der Waals surface area contributed by atoms with E-state index < -0.39 is 36.4 Å². The molecule has 15 heavy (non-hydrogen) atoms. The van der Waals surface area contributed by atoms with Crippen LogP contribution in [-0.4, -0.2) is 43.9 Å². The molecule has 0 bridgehead atoms. The minimum atomic E-state index is -2.74. The smallest absolute Gasteiger partial charge is 0.336 e. The standard InChI is InChI=1S/C6H8O7.C2H6/c7-3(8)1-6(13,5(11)12)2-4(9)10;1-2/h13H,1-2H2,(H,7,8)(H,9,10)(H,11,12);1-2H3. The lowest BCUT2D eigenvalue weighted by Crippen LogP contribution is -2.42. The fourth-order valence-electron chi connectivity index (χ4n) is 0.714. The second kappa shape index (κ2) is 6.77. The second-order valence-electron chi connectivity index (χ2n) is 2.48. The minimum Gasteiger partial charge on any atom is -0.481 e. The second-order valence-corrected chi connectivity index (χ2v) is 2.48. The van der Waals surface area contributed by atoms with Gasteiger partial charge in [-0.1, -0.05) is 13.8 Å². The van der Waals surface area contributed by atoms with Gasteiger partial charge in [-0.15, -0.1) is 0 Å². The van der Waals surface area contributed by atoms with Crippen LogP contribution in [0.25, 0.3) is 0 Å². The molecule has 0 heterocycles. The molecule has 0 fully saturated rings. The van der Waals surface area contributed by atoms with Crippen molar-refractivity contribution in [3.8, 4) is 0 Å². The molecule has 7 heteroatoms. The lowest BCUT2D eigenvalue weighted by molar-refractivity contribution is -0.170. The van der Waals surface area contributed by atoms with E-state index in [1.807, 2.05) is 13.8 Å². The van der Waals surface area contributed by atoms with Crippen molar-refractivity contribution in [1.29, 1.82) is 0 Å². The maximum Gasteiger partial charge on any atom is 0.336 e. The van der Waals surface area contributed by atoms with Crippen molar-refractivity contribution in [2.75, 3.05) is 0 Å². The molecule has 0 aliphatic heterocycles. The van der Waals surface area contributed by atoms with Crippen molar-refractivity contribution < 1.29 is 34.8 Å². The average molecular weight is 222 g/mol. The number of carboxylic acids is 3. The van der Waals surface area contributed by atoms with E-state index in [9.17, 15) is 14.4 Å². The van der Waals surface area contributed by atoms with E-state index in [2.05, 4.69) is 0 Å². The molecule has 0 radical (unpaired) electrons. The van der Waals surface area contributed by atoms with Crippen molar-refractivity contribution in [2.45, 2.75) is 32.3 Å². The summed E-state index contributed by atoms with van der Waals surface area (Å²) >= 11 is 0. The van der Waals surface area contributed by atoms with Gasteiger partial charge in [-0.3, -0.25) is 9.59 Å². The van der Waals surface area contributed by atoms with Crippen LogP contribution in [0, 0.1) is 0 Å². The fraction of sp³-hybridized carbons (Fsp3) is 0.625. The molecule has 0 amide bonds. The van der Waals surface area contributed by atoms with Crippen molar-refractivity contribution >= 4 is 17.9 Å². The first kappa shape index (κ1) is 15.8. The fourth-order valence-corrected chi connectivity index (χ4v) is 0.714. The van der Waals surface area contributed by atoms with E-state index in [-0.39, 0.29) is 0 Å². The average Bonchev–Trinajstić information content (AvgIpc) is 2.04. The van der Waals surface area contributed by atoms with Crippen LogP contribution in [0.15, 0.2) is 0 Å². The molecule has 0 aromatic heterocycles. The molecule has 0 aromatic rings. The zero-order valence-electron chi connectivity index (χ0n) is 8.43. The lowest BCUT2D eigenvalue weighted by atomic mass is 9.96. The van der Waals surface area contributed by atoms with E-state index in [1.165, 1.54) is 0 Å². The van der Waals surface area contributed by atoms with Crippen molar-refractivity contribution in [1.82, 2.24) is 0 Å². The number of hydrogen-bond acceptors (Lipinski definition) is 4. The molecule has 7 nitrogen and oxygen atoms in total. The topological polar surface area (TPSA) is 132 Å². The summed E-state index contributed by atoms with van der Waals surface area (Å²) in [5.74, 6) is -5.02. The van der Waals surface area contributed by atoms with Crippen LogP contribution in [0.5, 0.6) is 0 Å².